The molecular weight excluding hydrogens is 396 g/mol. The van der Waals surface area contributed by atoms with Gasteiger partial charge in [-0.15, -0.1) is 0 Å². The van der Waals surface area contributed by atoms with Crippen LogP contribution in [0.15, 0.2) is 48.5 Å². The van der Waals surface area contributed by atoms with E-state index in [4.69, 9.17) is 4.74 Å². The molecule has 7 heteroatoms. The molecule has 2 aromatic rings. The Balaban J connectivity index is 1.43. The van der Waals surface area contributed by atoms with Crippen LogP contribution in [-0.2, 0) is 17.6 Å². The van der Waals surface area contributed by atoms with Crippen molar-refractivity contribution in [2.24, 2.45) is 0 Å². The SMILES string of the molecule is O=[N+]([O-])c1ccccc1CCCCCCOCCCCCCc1ccccc1[N+](=O)[O-]. The van der Waals surface area contributed by atoms with Gasteiger partial charge >= 0.3 is 0 Å². The van der Waals surface area contributed by atoms with E-state index < -0.39 is 0 Å². The molecule has 0 aliphatic carbocycles. The van der Waals surface area contributed by atoms with Crippen LogP contribution in [0.4, 0.5) is 11.4 Å². The fourth-order valence-electron chi connectivity index (χ4n) is 3.65. The molecule has 0 fully saturated rings. The summed E-state index contributed by atoms with van der Waals surface area (Å²) < 4.78 is 5.69. The minimum atomic E-state index is -0.311. The summed E-state index contributed by atoms with van der Waals surface area (Å²) in [4.78, 5) is 21.4. The predicted molar refractivity (Wildman–Crippen MR) is 121 cm³/mol. The molecule has 0 aliphatic heterocycles. The lowest BCUT2D eigenvalue weighted by atomic mass is 10.0. The lowest BCUT2D eigenvalue weighted by Gasteiger charge is -2.06. The summed E-state index contributed by atoms with van der Waals surface area (Å²) in [6, 6.07) is 13.9. The Morgan fingerprint density at radius 3 is 1.39 bits per heavy atom. The topological polar surface area (TPSA) is 95.5 Å². The zero-order valence-corrected chi connectivity index (χ0v) is 18.0. The van der Waals surface area contributed by atoms with Crippen molar-refractivity contribution < 1.29 is 14.6 Å². The Bertz CT molecular complexity index is 758. The molecule has 168 valence electrons. The van der Waals surface area contributed by atoms with Gasteiger partial charge in [0, 0.05) is 36.5 Å². The first kappa shape index (κ1) is 24.5. The lowest BCUT2D eigenvalue weighted by molar-refractivity contribution is -0.385. The number of hydrogen-bond donors (Lipinski definition) is 0. The number of aryl methyl sites for hydroxylation is 2. The molecule has 2 aromatic carbocycles. The molecule has 0 N–H and O–H groups in total. The molecule has 0 radical (unpaired) electrons. The van der Waals surface area contributed by atoms with Crippen LogP contribution in [0.5, 0.6) is 0 Å². The van der Waals surface area contributed by atoms with Crippen LogP contribution in [0.1, 0.15) is 62.5 Å². The van der Waals surface area contributed by atoms with E-state index >= 15 is 0 Å². The average Bonchev–Trinajstić information content (AvgIpc) is 2.77. The third-order valence-electron chi connectivity index (χ3n) is 5.35. The third-order valence-corrected chi connectivity index (χ3v) is 5.35. The van der Waals surface area contributed by atoms with Crippen molar-refractivity contribution in [1.82, 2.24) is 0 Å². The Morgan fingerprint density at radius 2 is 0.968 bits per heavy atom. The molecule has 7 nitrogen and oxygen atoms in total. The van der Waals surface area contributed by atoms with Gasteiger partial charge in [-0.05, 0) is 38.5 Å². The molecule has 31 heavy (non-hydrogen) atoms. The van der Waals surface area contributed by atoms with Gasteiger partial charge in [-0.25, -0.2) is 0 Å². The summed E-state index contributed by atoms with van der Waals surface area (Å²) in [6.07, 6.45) is 9.61. The van der Waals surface area contributed by atoms with Crippen molar-refractivity contribution in [3.05, 3.63) is 79.9 Å². The molecule has 0 heterocycles. The third kappa shape index (κ3) is 9.26. The van der Waals surface area contributed by atoms with Crippen molar-refractivity contribution in [3.63, 3.8) is 0 Å². The number of unbranched alkanes of at least 4 members (excludes halogenated alkanes) is 6. The Hall–Kier alpha value is -2.80. The first-order chi connectivity index (χ1) is 15.1. The monoisotopic (exact) mass is 428 g/mol. The van der Waals surface area contributed by atoms with Crippen LogP contribution in [0.25, 0.3) is 0 Å². The van der Waals surface area contributed by atoms with E-state index in [9.17, 15) is 20.2 Å². The second-order valence-electron chi connectivity index (χ2n) is 7.71. The van der Waals surface area contributed by atoms with E-state index in [1.807, 2.05) is 24.3 Å². The minimum Gasteiger partial charge on any atom is -0.381 e. The van der Waals surface area contributed by atoms with Gasteiger partial charge in [0.05, 0.1) is 9.85 Å². The van der Waals surface area contributed by atoms with Gasteiger partial charge in [-0.1, -0.05) is 62.1 Å². The molecule has 0 saturated heterocycles. The van der Waals surface area contributed by atoms with Gasteiger partial charge in [0.15, 0.2) is 0 Å². The molecule has 2 rings (SSSR count). The van der Waals surface area contributed by atoms with E-state index in [1.54, 1.807) is 24.3 Å². The number of nitro benzene ring substituents is 2. The predicted octanol–water partition coefficient (Wildman–Crippen LogP) is 6.43. The Labute approximate surface area is 183 Å². The van der Waals surface area contributed by atoms with Crippen LogP contribution >= 0.6 is 0 Å². The van der Waals surface area contributed by atoms with E-state index in [0.717, 1.165) is 88.5 Å². The van der Waals surface area contributed by atoms with Crippen LogP contribution in [0.2, 0.25) is 0 Å². The van der Waals surface area contributed by atoms with Crippen LogP contribution < -0.4 is 0 Å². The number of nitrogens with zero attached hydrogens (tertiary/aromatic N) is 2. The largest absolute Gasteiger partial charge is 0.381 e. The number of benzene rings is 2. The van der Waals surface area contributed by atoms with Gasteiger partial charge in [0.2, 0.25) is 0 Å². The van der Waals surface area contributed by atoms with Crippen LogP contribution in [-0.4, -0.2) is 23.1 Å². The molecule has 0 atom stereocenters. The number of rotatable bonds is 16. The van der Waals surface area contributed by atoms with E-state index in [1.165, 1.54) is 0 Å². The standard InChI is InChI=1S/C24H32N2O5/c27-25(28)23-17-9-7-15-21(23)13-5-1-3-11-19-31-20-12-4-2-6-14-22-16-8-10-18-24(22)26(29)30/h7-10,15-18H,1-6,11-14,19-20H2. The number of nitro groups is 2. The first-order valence-electron chi connectivity index (χ1n) is 11.1. The second-order valence-corrected chi connectivity index (χ2v) is 7.71. The maximum absolute atomic E-state index is 11.0. The van der Waals surface area contributed by atoms with E-state index in [-0.39, 0.29) is 21.2 Å². The van der Waals surface area contributed by atoms with Gasteiger partial charge in [0.25, 0.3) is 11.4 Å². The highest BCUT2D eigenvalue weighted by molar-refractivity contribution is 5.40. The fraction of sp³-hybridized carbons (Fsp3) is 0.500. The van der Waals surface area contributed by atoms with Crippen molar-refractivity contribution in [3.8, 4) is 0 Å². The minimum absolute atomic E-state index is 0.216. The summed E-state index contributed by atoms with van der Waals surface area (Å²) in [7, 11) is 0. The molecule has 0 spiro atoms. The quantitative estimate of drug-likeness (QED) is 0.174. The molecule has 0 bridgehead atoms. The normalized spacial score (nSPS) is 10.8. The molecular formula is C24H32N2O5. The van der Waals surface area contributed by atoms with Crippen molar-refractivity contribution in [1.29, 1.82) is 0 Å². The molecule has 0 amide bonds. The van der Waals surface area contributed by atoms with Crippen LogP contribution in [0, 0.1) is 20.2 Å². The van der Waals surface area contributed by atoms with Crippen molar-refractivity contribution in [2.45, 2.75) is 64.2 Å². The summed E-state index contributed by atoms with van der Waals surface area (Å²) in [5.74, 6) is 0. The Morgan fingerprint density at radius 1 is 0.581 bits per heavy atom. The summed E-state index contributed by atoms with van der Waals surface area (Å²) in [6.45, 7) is 1.50. The van der Waals surface area contributed by atoms with Gasteiger partial charge < -0.3 is 4.74 Å². The summed E-state index contributed by atoms with van der Waals surface area (Å²) >= 11 is 0. The summed E-state index contributed by atoms with van der Waals surface area (Å²) in [5, 5.41) is 22.0. The molecule has 0 aliphatic rings. The zero-order chi connectivity index (χ0) is 22.3. The van der Waals surface area contributed by atoms with Crippen LogP contribution in [0.3, 0.4) is 0 Å². The number of hydrogen-bond acceptors (Lipinski definition) is 5. The highest BCUT2D eigenvalue weighted by Crippen LogP contribution is 2.21. The van der Waals surface area contributed by atoms with Crippen molar-refractivity contribution >= 4 is 11.4 Å². The highest BCUT2D eigenvalue weighted by atomic mass is 16.6. The molecule has 0 saturated carbocycles. The number of ether oxygens (including phenoxy) is 1. The van der Waals surface area contributed by atoms with Gasteiger partial charge in [-0.3, -0.25) is 20.2 Å². The second kappa shape index (κ2) is 14.2. The lowest BCUT2D eigenvalue weighted by Crippen LogP contribution is -1.98. The molecule has 0 unspecified atom stereocenters. The number of para-hydroxylation sites is 2. The maximum atomic E-state index is 11.0. The smallest absolute Gasteiger partial charge is 0.272 e. The van der Waals surface area contributed by atoms with Gasteiger partial charge in [-0.2, -0.15) is 0 Å². The fourth-order valence-corrected chi connectivity index (χ4v) is 3.65. The highest BCUT2D eigenvalue weighted by Gasteiger charge is 2.12. The summed E-state index contributed by atoms with van der Waals surface area (Å²) in [5.41, 5.74) is 2.05. The van der Waals surface area contributed by atoms with Gasteiger partial charge in [0.1, 0.15) is 0 Å². The van der Waals surface area contributed by atoms with E-state index in [0.29, 0.717) is 0 Å². The van der Waals surface area contributed by atoms with Crippen molar-refractivity contribution in [2.75, 3.05) is 13.2 Å². The van der Waals surface area contributed by atoms with E-state index in [2.05, 4.69) is 0 Å². The first-order valence-corrected chi connectivity index (χ1v) is 11.1. The molecule has 0 aromatic heterocycles. The Kier molecular flexibility index (Phi) is 11.2. The maximum Gasteiger partial charge on any atom is 0.272 e. The zero-order valence-electron chi connectivity index (χ0n) is 18.0. The average molecular weight is 429 g/mol.